The molecule has 0 atom stereocenters. The van der Waals surface area contributed by atoms with Gasteiger partial charge in [-0.2, -0.15) is 0 Å². The molecule has 4 nitrogen and oxygen atoms in total. The molecule has 0 saturated carbocycles. The van der Waals surface area contributed by atoms with Gasteiger partial charge in [0.05, 0.1) is 5.75 Å². The molecule has 1 saturated heterocycles. The van der Waals surface area contributed by atoms with Gasteiger partial charge in [-0.3, -0.25) is 0 Å². The summed E-state index contributed by atoms with van der Waals surface area (Å²) in [5, 5.41) is 8.86. The van der Waals surface area contributed by atoms with Crippen LogP contribution in [0.5, 0.6) is 0 Å². The Bertz CT molecular complexity index is 452. The maximum absolute atomic E-state index is 11.9. The molecule has 1 N–H and O–H groups in total. The molecule has 0 aliphatic carbocycles. The third kappa shape index (κ3) is 3.06. The SMILES string of the molecule is O=S(=O)(CCc1ccccc1)N1CC(CO)C1. The molecule has 1 aliphatic rings. The summed E-state index contributed by atoms with van der Waals surface area (Å²) in [4.78, 5) is 0. The van der Waals surface area contributed by atoms with Crippen molar-refractivity contribution in [3.63, 3.8) is 0 Å². The number of rotatable bonds is 5. The van der Waals surface area contributed by atoms with Crippen LogP contribution >= 0.6 is 0 Å². The lowest BCUT2D eigenvalue weighted by molar-refractivity contribution is 0.117. The van der Waals surface area contributed by atoms with E-state index in [1.54, 1.807) is 0 Å². The minimum Gasteiger partial charge on any atom is -0.396 e. The van der Waals surface area contributed by atoms with Crippen LogP contribution in [0.2, 0.25) is 0 Å². The summed E-state index contributed by atoms with van der Waals surface area (Å²) in [7, 11) is -3.14. The molecule has 1 fully saturated rings. The lowest BCUT2D eigenvalue weighted by atomic mass is 10.1. The number of sulfonamides is 1. The Morgan fingerprint density at radius 3 is 2.47 bits per heavy atom. The third-order valence-electron chi connectivity index (χ3n) is 3.07. The number of aliphatic hydroxyl groups is 1. The minimum absolute atomic E-state index is 0.0741. The van der Waals surface area contributed by atoms with E-state index < -0.39 is 10.0 Å². The molecule has 0 unspecified atom stereocenters. The zero-order valence-electron chi connectivity index (χ0n) is 9.62. The van der Waals surface area contributed by atoms with E-state index >= 15 is 0 Å². The van der Waals surface area contributed by atoms with Gasteiger partial charge >= 0.3 is 0 Å². The average Bonchev–Trinajstić information content (AvgIpc) is 2.26. The van der Waals surface area contributed by atoms with Crippen LogP contribution in [0, 0.1) is 5.92 Å². The number of hydrogen-bond donors (Lipinski definition) is 1. The molecule has 0 spiro atoms. The predicted molar refractivity (Wildman–Crippen MR) is 66.1 cm³/mol. The van der Waals surface area contributed by atoms with Crippen LogP contribution in [-0.2, 0) is 16.4 Å². The maximum atomic E-state index is 11.9. The Morgan fingerprint density at radius 2 is 1.88 bits per heavy atom. The van der Waals surface area contributed by atoms with E-state index in [1.807, 2.05) is 30.3 Å². The molecule has 0 aromatic heterocycles. The van der Waals surface area contributed by atoms with Crippen molar-refractivity contribution in [2.75, 3.05) is 25.4 Å². The standard InChI is InChI=1S/C12H17NO3S/c14-10-12-8-13(9-12)17(15,16)7-6-11-4-2-1-3-5-11/h1-5,12,14H,6-10H2. The number of benzene rings is 1. The Kier molecular flexibility index (Phi) is 3.81. The number of aliphatic hydroxyl groups excluding tert-OH is 1. The molecule has 0 radical (unpaired) electrons. The minimum atomic E-state index is -3.14. The fraction of sp³-hybridized carbons (Fsp3) is 0.500. The normalized spacial score (nSPS) is 17.9. The zero-order valence-corrected chi connectivity index (χ0v) is 10.4. The molecule has 0 amide bonds. The van der Waals surface area contributed by atoms with E-state index in [2.05, 4.69) is 0 Å². The molecule has 2 rings (SSSR count). The first-order valence-corrected chi connectivity index (χ1v) is 7.35. The van der Waals surface area contributed by atoms with E-state index in [-0.39, 0.29) is 18.3 Å². The number of aryl methyl sites for hydroxylation is 1. The van der Waals surface area contributed by atoms with Crippen molar-refractivity contribution >= 4 is 10.0 Å². The van der Waals surface area contributed by atoms with Crippen LogP contribution in [0.25, 0.3) is 0 Å². The van der Waals surface area contributed by atoms with Crippen molar-refractivity contribution in [1.82, 2.24) is 4.31 Å². The van der Waals surface area contributed by atoms with E-state index in [1.165, 1.54) is 4.31 Å². The van der Waals surface area contributed by atoms with E-state index in [0.29, 0.717) is 19.5 Å². The highest BCUT2D eigenvalue weighted by molar-refractivity contribution is 7.89. The lowest BCUT2D eigenvalue weighted by Gasteiger charge is -2.36. The topological polar surface area (TPSA) is 57.6 Å². The maximum Gasteiger partial charge on any atom is 0.214 e. The lowest BCUT2D eigenvalue weighted by Crippen LogP contribution is -2.52. The summed E-state index contributed by atoms with van der Waals surface area (Å²) in [5.74, 6) is 0.274. The predicted octanol–water partition coefficient (Wildman–Crippen LogP) is 0.483. The van der Waals surface area contributed by atoms with Crippen molar-refractivity contribution in [2.24, 2.45) is 5.92 Å². The smallest absolute Gasteiger partial charge is 0.214 e. The van der Waals surface area contributed by atoms with Gasteiger partial charge in [0.1, 0.15) is 0 Å². The highest BCUT2D eigenvalue weighted by Gasteiger charge is 2.34. The van der Waals surface area contributed by atoms with Crippen molar-refractivity contribution in [3.05, 3.63) is 35.9 Å². The Morgan fingerprint density at radius 1 is 1.24 bits per heavy atom. The van der Waals surface area contributed by atoms with Gasteiger partial charge in [0, 0.05) is 25.6 Å². The molecule has 0 bridgehead atoms. The van der Waals surface area contributed by atoms with Gasteiger partial charge in [-0.25, -0.2) is 12.7 Å². The Labute approximate surface area is 102 Å². The fourth-order valence-electron chi connectivity index (χ4n) is 1.89. The fourth-order valence-corrected chi connectivity index (χ4v) is 3.51. The van der Waals surface area contributed by atoms with E-state index in [4.69, 9.17) is 5.11 Å². The second kappa shape index (κ2) is 5.16. The number of nitrogens with zero attached hydrogens (tertiary/aromatic N) is 1. The Balaban J connectivity index is 1.87. The number of hydrogen-bond acceptors (Lipinski definition) is 3. The summed E-state index contributed by atoms with van der Waals surface area (Å²) in [5.41, 5.74) is 1.04. The van der Waals surface area contributed by atoms with Gasteiger partial charge in [-0.15, -0.1) is 0 Å². The van der Waals surface area contributed by atoms with Gasteiger partial charge < -0.3 is 5.11 Å². The molecule has 94 valence electrons. The van der Waals surface area contributed by atoms with Crippen LogP contribution < -0.4 is 0 Å². The van der Waals surface area contributed by atoms with Crippen LogP contribution in [0.1, 0.15) is 5.56 Å². The van der Waals surface area contributed by atoms with Gasteiger partial charge in [-0.1, -0.05) is 30.3 Å². The molecule has 1 aromatic rings. The quantitative estimate of drug-likeness (QED) is 0.832. The summed E-state index contributed by atoms with van der Waals surface area (Å²) in [6, 6.07) is 9.60. The second-order valence-electron chi connectivity index (χ2n) is 4.42. The first-order valence-electron chi connectivity index (χ1n) is 5.74. The third-order valence-corrected chi connectivity index (χ3v) is 4.87. The molecular formula is C12H17NO3S. The molecule has 1 heterocycles. The van der Waals surface area contributed by atoms with Crippen LogP contribution in [-0.4, -0.2) is 43.3 Å². The molecule has 5 heteroatoms. The van der Waals surface area contributed by atoms with Crippen LogP contribution in [0.15, 0.2) is 30.3 Å². The van der Waals surface area contributed by atoms with Gasteiger partial charge in [0.15, 0.2) is 0 Å². The summed E-state index contributed by atoms with van der Waals surface area (Å²) >= 11 is 0. The zero-order chi connectivity index (χ0) is 12.3. The summed E-state index contributed by atoms with van der Waals surface area (Å²) in [6.07, 6.45) is 0.545. The molecule has 1 aliphatic heterocycles. The van der Waals surface area contributed by atoms with E-state index in [9.17, 15) is 8.42 Å². The van der Waals surface area contributed by atoms with Gasteiger partial charge in [-0.05, 0) is 12.0 Å². The van der Waals surface area contributed by atoms with Gasteiger partial charge in [0.25, 0.3) is 0 Å². The first-order chi connectivity index (χ1) is 8.12. The van der Waals surface area contributed by atoms with Crippen LogP contribution in [0.3, 0.4) is 0 Å². The molecular weight excluding hydrogens is 238 g/mol. The highest BCUT2D eigenvalue weighted by atomic mass is 32.2. The average molecular weight is 255 g/mol. The van der Waals surface area contributed by atoms with Crippen molar-refractivity contribution in [1.29, 1.82) is 0 Å². The van der Waals surface area contributed by atoms with E-state index in [0.717, 1.165) is 5.56 Å². The highest BCUT2D eigenvalue weighted by Crippen LogP contribution is 2.19. The molecule has 17 heavy (non-hydrogen) atoms. The van der Waals surface area contributed by atoms with Gasteiger partial charge in [0.2, 0.25) is 10.0 Å². The largest absolute Gasteiger partial charge is 0.396 e. The van der Waals surface area contributed by atoms with Crippen molar-refractivity contribution < 1.29 is 13.5 Å². The van der Waals surface area contributed by atoms with Crippen LogP contribution in [0.4, 0.5) is 0 Å². The Hall–Kier alpha value is -0.910. The summed E-state index contributed by atoms with van der Waals surface area (Å²) < 4.78 is 25.2. The molecule has 1 aromatic carbocycles. The first kappa shape index (κ1) is 12.5. The van der Waals surface area contributed by atoms with Crippen molar-refractivity contribution in [2.45, 2.75) is 6.42 Å². The van der Waals surface area contributed by atoms with Crippen molar-refractivity contribution in [3.8, 4) is 0 Å². The monoisotopic (exact) mass is 255 g/mol. The summed E-state index contributed by atoms with van der Waals surface area (Å²) in [6.45, 7) is 1.01. The second-order valence-corrected chi connectivity index (χ2v) is 6.51.